The molecule has 1 nitrogen and oxygen atoms in total. The SMILES string of the molecule is N[C@@H](c1ccsc1)c1ccc(Br)cc1F. The van der Waals surface area contributed by atoms with Crippen LogP contribution < -0.4 is 5.73 Å². The largest absolute Gasteiger partial charge is 0.320 e. The number of hydrogen-bond acceptors (Lipinski definition) is 2. The molecule has 1 atom stereocenters. The summed E-state index contributed by atoms with van der Waals surface area (Å²) in [6, 6.07) is 6.47. The molecule has 0 aliphatic rings. The van der Waals surface area contributed by atoms with E-state index in [1.54, 1.807) is 23.5 Å². The normalized spacial score (nSPS) is 12.7. The number of thiophene rings is 1. The fourth-order valence-corrected chi connectivity index (χ4v) is 2.41. The van der Waals surface area contributed by atoms with Crippen molar-refractivity contribution < 1.29 is 4.39 Å². The van der Waals surface area contributed by atoms with Crippen LogP contribution in [0.3, 0.4) is 0 Å². The zero-order valence-electron chi connectivity index (χ0n) is 7.78. The Morgan fingerprint density at radius 2 is 2.13 bits per heavy atom. The minimum absolute atomic E-state index is 0.275. The van der Waals surface area contributed by atoms with E-state index in [4.69, 9.17) is 5.73 Å². The monoisotopic (exact) mass is 285 g/mol. The molecular weight excluding hydrogens is 277 g/mol. The molecule has 1 heterocycles. The van der Waals surface area contributed by atoms with E-state index in [9.17, 15) is 4.39 Å². The van der Waals surface area contributed by atoms with Gasteiger partial charge in [-0.15, -0.1) is 0 Å². The summed E-state index contributed by atoms with van der Waals surface area (Å²) < 4.78 is 14.3. The fraction of sp³-hybridized carbons (Fsp3) is 0.0909. The van der Waals surface area contributed by atoms with E-state index < -0.39 is 0 Å². The summed E-state index contributed by atoms with van der Waals surface area (Å²) >= 11 is 4.78. The number of benzene rings is 1. The van der Waals surface area contributed by atoms with Crippen molar-refractivity contribution in [2.45, 2.75) is 6.04 Å². The van der Waals surface area contributed by atoms with Crippen LogP contribution in [0.15, 0.2) is 39.5 Å². The van der Waals surface area contributed by atoms with Crippen LogP contribution in [0.2, 0.25) is 0 Å². The van der Waals surface area contributed by atoms with Crippen LogP contribution >= 0.6 is 27.3 Å². The van der Waals surface area contributed by atoms with E-state index >= 15 is 0 Å². The minimum atomic E-state index is -0.385. The Morgan fingerprint density at radius 3 is 2.73 bits per heavy atom. The smallest absolute Gasteiger partial charge is 0.129 e. The van der Waals surface area contributed by atoms with Gasteiger partial charge in [-0.3, -0.25) is 0 Å². The van der Waals surface area contributed by atoms with Crippen LogP contribution in [0.25, 0.3) is 0 Å². The van der Waals surface area contributed by atoms with Crippen LogP contribution in [-0.4, -0.2) is 0 Å². The van der Waals surface area contributed by atoms with E-state index in [2.05, 4.69) is 15.9 Å². The van der Waals surface area contributed by atoms with Crippen LogP contribution in [0.5, 0.6) is 0 Å². The summed E-state index contributed by atoms with van der Waals surface area (Å²) in [5.41, 5.74) is 7.43. The summed E-state index contributed by atoms with van der Waals surface area (Å²) in [7, 11) is 0. The lowest BCUT2D eigenvalue weighted by Crippen LogP contribution is -2.12. The third kappa shape index (κ3) is 2.27. The number of halogens is 2. The van der Waals surface area contributed by atoms with Crippen molar-refractivity contribution in [3.8, 4) is 0 Å². The molecule has 2 aromatic rings. The van der Waals surface area contributed by atoms with Gasteiger partial charge >= 0.3 is 0 Å². The van der Waals surface area contributed by atoms with Crippen LogP contribution in [0.1, 0.15) is 17.2 Å². The first-order chi connectivity index (χ1) is 7.18. The van der Waals surface area contributed by atoms with Crippen molar-refractivity contribution in [2.24, 2.45) is 5.73 Å². The van der Waals surface area contributed by atoms with E-state index in [0.29, 0.717) is 5.56 Å². The predicted octanol–water partition coefficient (Wildman–Crippen LogP) is 3.70. The Morgan fingerprint density at radius 1 is 1.33 bits per heavy atom. The second-order valence-corrected chi connectivity index (χ2v) is 4.90. The molecule has 0 spiro atoms. The molecule has 2 rings (SSSR count). The Kier molecular flexibility index (Phi) is 3.19. The van der Waals surface area contributed by atoms with Gasteiger partial charge in [0.2, 0.25) is 0 Å². The number of nitrogens with two attached hydrogens (primary N) is 1. The first kappa shape index (κ1) is 10.8. The minimum Gasteiger partial charge on any atom is -0.320 e. The van der Waals surface area contributed by atoms with Crippen molar-refractivity contribution in [3.05, 3.63) is 56.4 Å². The van der Waals surface area contributed by atoms with E-state index in [1.807, 2.05) is 16.8 Å². The molecule has 0 radical (unpaired) electrons. The van der Waals surface area contributed by atoms with Gasteiger partial charge in [-0.05, 0) is 34.5 Å². The van der Waals surface area contributed by atoms with Gasteiger partial charge in [0.15, 0.2) is 0 Å². The van der Waals surface area contributed by atoms with Crippen LogP contribution in [-0.2, 0) is 0 Å². The van der Waals surface area contributed by atoms with Crippen molar-refractivity contribution in [3.63, 3.8) is 0 Å². The third-order valence-electron chi connectivity index (χ3n) is 2.20. The molecule has 78 valence electrons. The fourth-order valence-electron chi connectivity index (χ4n) is 1.39. The molecule has 0 bridgehead atoms. The van der Waals surface area contributed by atoms with Crippen LogP contribution in [0.4, 0.5) is 4.39 Å². The third-order valence-corrected chi connectivity index (χ3v) is 3.39. The molecule has 4 heteroatoms. The van der Waals surface area contributed by atoms with Gasteiger partial charge in [0.1, 0.15) is 5.82 Å². The molecule has 0 aliphatic heterocycles. The predicted molar refractivity (Wildman–Crippen MR) is 64.4 cm³/mol. The van der Waals surface area contributed by atoms with Gasteiger partial charge in [-0.1, -0.05) is 22.0 Å². The van der Waals surface area contributed by atoms with E-state index in [-0.39, 0.29) is 11.9 Å². The summed E-state index contributed by atoms with van der Waals surface area (Å²) in [4.78, 5) is 0. The van der Waals surface area contributed by atoms with Gasteiger partial charge in [-0.2, -0.15) is 11.3 Å². The molecular formula is C11H9BrFNS. The first-order valence-electron chi connectivity index (χ1n) is 4.41. The summed E-state index contributed by atoms with van der Waals surface area (Å²) in [6.45, 7) is 0. The molecule has 0 saturated heterocycles. The van der Waals surface area contributed by atoms with Crippen molar-refractivity contribution in [1.29, 1.82) is 0 Å². The topological polar surface area (TPSA) is 26.0 Å². The highest BCUT2D eigenvalue weighted by Crippen LogP contribution is 2.25. The van der Waals surface area contributed by atoms with E-state index in [0.717, 1.165) is 10.0 Å². The maximum absolute atomic E-state index is 13.6. The van der Waals surface area contributed by atoms with Crippen molar-refractivity contribution in [2.75, 3.05) is 0 Å². The van der Waals surface area contributed by atoms with Gasteiger partial charge in [0.25, 0.3) is 0 Å². The summed E-state index contributed by atoms with van der Waals surface area (Å²) in [5.74, 6) is -0.275. The van der Waals surface area contributed by atoms with E-state index in [1.165, 1.54) is 6.07 Å². The molecule has 2 N–H and O–H groups in total. The molecule has 0 amide bonds. The molecule has 0 unspecified atom stereocenters. The molecule has 15 heavy (non-hydrogen) atoms. The van der Waals surface area contributed by atoms with Gasteiger partial charge in [-0.25, -0.2) is 4.39 Å². The second kappa shape index (κ2) is 4.43. The van der Waals surface area contributed by atoms with Gasteiger partial charge in [0, 0.05) is 10.0 Å². The molecule has 1 aromatic carbocycles. The number of hydrogen-bond donors (Lipinski definition) is 1. The maximum atomic E-state index is 13.6. The molecule has 1 aromatic heterocycles. The van der Waals surface area contributed by atoms with Crippen molar-refractivity contribution in [1.82, 2.24) is 0 Å². The zero-order chi connectivity index (χ0) is 10.8. The van der Waals surface area contributed by atoms with Gasteiger partial charge in [0.05, 0.1) is 6.04 Å². The van der Waals surface area contributed by atoms with Gasteiger partial charge < -0.3 is 5.73 Å². The molecule has 0 saturated carbocycles. The highest BCUT2D eigenvalue weighted by Gasteiger charge is 2.13. The lowest BCUT2D eigenvalue weighted by atomic mass is 10.0. The lowest BCUT2D eigenvalue weighted by Gasteiger charge is -2.11. The van der Waals surface area contributed by atoms with Crippen LogP contribution in [0, 0.1) is 5.82 Å². The highest BCUT2D eigenvalue weighted by atomic mass is 79.9. The Bertz CT molecular complexity index is 456. The maximum Gasteiger partial charge on any atom is 0.129 e. The quantitative estimate of drug-likeness (QED) is 0.895. The standard InChI is InChI=1S/C11H9BrFNS/c12-8-1-2-9(10(13)5-8)11(14)7-3-4-15-6-7/h1-6,11H,14H2/t11-/m0/s1. The average molecular weight is 286 g/mol. The zero-order valence-corrected chi connectivity index (χ0v) is 10.2. The summed E-state index contributed by atoms with van der Waals surface area (Å²) in [6.07, 6.45) is 0. The Hall–Kier alpha value is -0.710. The number of rotatable bonds is 2. The average Bonchev–Trinajstić information content (AvgIpc) is 2.69. The second-order valence-electron chi connectivity index (χ2n) is 3.20. The molecule has 0 aliphatic carbocycles. The lowest BCUT2D eigenvalue weighted by molar-refractivity contribution is 0.599. The highest BCUT2D eigenvalue weighted by molar-refractivity contribution is 9.10. The Labute approximate surface area is 99.9 Å². The summed E-state index contributed by atoms with van der Waals surface area (Å²) in [5, 5.41) is 3.87. The van der Waals surface area contributed by atoms with Crippen molar-refractivity contribution >= 4 is 27.3 Å². The molecule has 0 fully saturated rings. The Balaban J connectivity index is 2.38. The first-order valence-corrected chi connectivity index (χ1v) is 6.14.